The van der Waals surface area contributed by atoms with Gasteiger partial charge in [-0.2, -0.15) is 0 Å². The van der Waals surface area contributed by atoms with Crippen molar-refractivity contribution in [3.8, 4) is 0 Å². The standard InChI is InChI=1S/C28H37NO4S2/c1-26(2,3)21-12-10-20(11-13-21)19-28(35(7,31)32,24-9-8-18-29-24)17-16-22-14-15-23(34-22)25(30)33-27(4,5)6/h8-15,18,29H,16-17,19H2,1-7H3. The van der Waals surface area contributed by atoms with Crippen LogP contribution in [-0.4, -0.2) is 31.2 Å². The second-order valence-electron chi connectivity index (χ2n) is 11.2. The molecule has 3 rings (SSSR count). The van der Waals surface area contributed by atoms with Gasteiger partial charge in [-0.3, -0.25) is 0 Å². The number of thiophene rings is 1. The van der Waals surface area contributed by atoms with Crippen molar-refractivity contribution < 1.29 is 17.9 Å². The molecule has 0 aliphatic rings. The SMILES string of the molecule is CC(C)(C)OC(=O)c1ccc(CCC(Cc2ccc(C(C)(C)C)cc2)(c2ccc[nH]2)S(C)(=O)=O)s1. The normalized spacial score (nSPS) is 14.5. The zero-order valence-electron chi connectivity index (χ0n) is 21.8. The first-order valence-electron chi connectivity index (χ1n) is 11.9. The monoisotopic (exact) mass is 515 g/mol. The summed E-state index contributed by atoms with van der Waals surface area (Å²) < 4.78 is 31.1. The van der Waals surface area contributed by atoms with Crippen LogP contribution in [0.5, 0.6) is 0 Å². The van der Waals surface area contributed by atoms with E-state index in [0.29, 0.717) is 29.8 Å². The smallest absolute Gasteiger partial charge is 0.348 e. The molecule has 0 saturated carbocycles. The molecule has 5 nitrogen and oxygen atoms in total. The van der Waals surface area contributed by atoms with Crippen LogP contribution in [0.3, 0.4) is 0 Å². The summed E-state index contributed by atoms with van der Waals surface area (Å²) in [4.78, 5) is 17.1. The number of H-pyrrole nitrogens is 1. The summed E-state index contributed by atoms with van der Waals surface area (Å²) in [5, 5.41) is 0. The van der Waals surface area contributed by atoms with Crippen molar-refractivity contribution in [2.24, 2.45) is 0 Å². The van der Waals surface area contributed by atoms with Crippen LogP contribution in [0.2, 0.25) is 0 Å². The van der Waals surface area contributed by atoms with Crippen LogP contribution in [0.25, 0.3) is 0 Å². The third kappa shape index (κ3) is 6.64. The molecule has 1 aromatic carbocycles. The van der Waals surface area contributed by atoms with Crippen molar-refractivity contribution in [2.75, 3.05) is 6.26 Å². The van der Waals surface area contributed by atoms with Crippen LogP contribution < -0.4 is 0 Å². The maximum atomic E-state index is 13.4. The van der Waals surface area contributed by atoms with Crippen molar-refractivity contribution in [1.82, 2.24) is 4.98 Å². The Hall–Kier alpha value is -2.38. The first kappa shape index (κ1) is 27.2. The first-order chi connectivity index (χ1) is 16.1. The molecule has 1 N–H and O–H groups in total. The lowest BCUT2D eigenvalue weighted by Gasteiger charge is -2.32. The van der Waals surface area contributed by atoms with E-state index in [4.69, 9.17) is 4.74 Å². The summed E-state index contributed by atoms with van der Waals surface area (Å²) >= 11 is 1.36. The molecule has 35 heavy (non-hydrogen) atoms. The van der Waals surface area contributed by atoms with Gasteiger partial charge in [0, 0.05) is 23.0 Å². The fourth-order valence-electron chi connectivity index (χ4n) is 4.18. The van der Waals surface area contributed by atoms with Gasteiger partial charge in [0.25, 0.3) is 0 Å². The Labute approximate surface area is 213 Å². The fourth-order valence-corrected chi connectivity index (χ4v) is 6.49. The highest BCUT2D eigenvalue weighted by Gasteiger charge is 2.43. The number of esters is 1. The van der Waals surface area contributed by atoms with Gasteiger partial charge in [0.05, 0.1) is 0 Å². The van der Waals surface area contributed by atoms with Gasteiger partial charge >= 0.3 is 5.97 Å². The van der Waals surface area contributed by atoms with Gasteiger partial charge in [-0.15, -0.1) is 11.3 Å². The molecular weight excluding hydrogens is 478 g/mol. The third-order valence-corrected chi connectivity index (χ3v) is 9.26. The quantitative estimate of drug-likeness (QED) is 0.350. The van der Waals surface area contributed by atoms with E-state index in [2.05, 4.69) is 37.9 Å². The fraction of sp³-hybridized carbons (Fsp3) is 0.464. The Morgan fingerprint density at radius 2 is 1.63 bits per heavy atom. The Balaban J connectivity index is 1.91. The number of hydrogen-bond acceptors (Lipinski definition) is 5. The van der Waals surface area contributed by atoms with Gasteiger partial charge in [0.15, 0.2) is 9.84 Å². The number of aromatic amines is 1. The molecule has 0 aliphatic carbocycles. The van der Waals surface area contributed by atoms with Gasteiger partial charge in [-0.1, -0.05) is 45.0 Å². The molecule has 7 heteroatoms. The van der Waals surface area contributed by atoms with Gasteiger partial charge in [0.2, 0.25) is 0 Å². The van der Waals surface area contributed by atoms with Gasteiger partial charge in [-0.05, 0) is 80.8 Å². The van der Waals surface area contributed by atoms with E-state index in [1.165, 1.54) is 23.2 Å². The molecule has 1 unspecified atom stereocenters. The molecule has 0 radical (unpaired) electrons. The Bertz CT molecular complexity index is 1240. The minimum Gasteiger partial charge on any atom is -0.456 e. The number of carbonyl (C=O) groups excluding carboxylic acids is 1. The summed E-state index contributed by atoms with van der Waals surface area (Å²) in [7, 11) is -3.51. The number of carbonyl (C=O) groups is 1. The van der Waals surface area contributed by atoms with E-state index in [0.717, 1.165) is 10.4 Å². The summed E-state index contributed by atoms with van der Waals surface area (Å²) in [6, 6.07) is 15.6. The largest absolute Gasteiger partial charge is 0.456 e. The van der Waals surface area contributed by atoms with E-state index in [1.807, 2.05) is 51.1 Å². The Morgan fingerprint density at radius 3 is 2.14 bits per heavy atom. The molecule has 0 fully saturated rings. The van der Waals surface area contributed by atoms with Crippen molar-refractivity contribution in [3.05, 3.63) is 81.3 Å². The lowest BCUT2D eigenvalue weighted by molar-refractivity contribution is 0.00752. The topological polar surface area (TPSA) is 76.2 Å². The predicted octanol–water partition coefficient (Wildman–Crippen LogP) is 6.44. The molecule has 2 heterocycles. The van der Waals surface area contributed by atoms with E-state index in [-0.39, 0.29) is 11.4 Å². The van der Waals surface area contributed by atoms with Gasteiger partial charge in [0.1, 0.15) is 15.2 Å². The molecule has 0 amide bonds. The van der Waals surface area contributed by atoms with Crippen molar-refractivity contribution >= 4 is 27.1 Å². The lowest BCUT2D eigenvalue weighted by Crippen LogP contribution is -2.38. The number of sulfone groups is 1. The number of rotatable bonds is 8. The third-order valence-electron chi connectivity index (χ3n) is 6.15. The Morgan fingerprint density at radius 1 is 0.971 bits per heavy atom. The summed E-state index contributed by atoms with van der Waals surface area (Å²) in [6.45, 7) is 12.0. The maximum absolute atomic E-state index is 13.4. The first-order valence-corrected chi connectivity index (χ1v) is 14.6. The van der Waals surface area contributed by atoms with Crippen LogP contribution in [0.1, 0.15) is 79.3 Å². The van der Waals surface area contributed by atoms with Gasteiger partial charge < -0.3 is 9.72 Å². The molecule has 0 saturated heterocycles. The van der Waals surface area contributed by atoms with E-state index in [1.54, 1.807) is 12.3 Å². The van der Waals surface area contributed by atoms with Crippen LogP contribution in [0.4, 0.5) is 0 Å². The molecule has 0 aliphatic heterocycles. The number of nitrogens with one attached hydrogen (secondary N) is 1. The lowest BCUT2D eigenvalue weighted by atomic mass is 9.85. The van der Waals surface area contributed by atoms with Gasteiger partial charge in [-0.25, -0.2) is 13.2 Å². The number of ether oxygens (including phenoxy) is 1. The Kier molecular flexibility index (Phi) is 7.73. The zero-order valence-corrected chi connectivity index (χ0v) is 23.4. The van der Waals surface area contributed by atoms with E-state index < -0.39 is 20.2 Å². The number of hydrogen-bond donors (Lipinski definition) is 1. The van der Waals surface area contributed by atoms with Crippen LogP contribution >= 0.6 is 11.3 Å². The minimum atomic E-state index is -3.51. The summed E-state index contributed by atoms with van der Waals surface area (Å²) in [5.41, 5.74) is 2.32. The highest BCUT2D eigenvalue weighted by atomic mass is 32.2. The zero-order chi connectivity index (χ0) is 26.1. The molecule has 190 valence electrons. The molecule has 0 bridgehead atoms. The van der Waals surface area contributed by atoms with Crippen LogP contribution in [0, 0.1) is 0 Å². The highest BCUT2D eigenvalue weighted by Crippen LogP contribution is 2.39. The number of aromatic nitrogens is 1. The summed E-state index contributed by atoms with van der Waals surface area (Å²) in [6.07, 6.45) is 4.37. The second kappa shape index (κ2) is 9.94. The summed E-state index contributed by atoms with van der Waals surface area (Å²) in [5.74, 6) is -0.355. The molecule has 2 aromatic heterocycles. The molecular formula is C28H37NO4S2. The molecule has 1 atom stereocenters. The predicted molar refractivity (Wildman–Crippen MR) is 144 cm³/mol. The average Bonchev–Trinajstić information content (AvgIpc) is 3.41. The van der Waals surface area contributed by atoms with E-state index in [9.17, 15) is 13.2 Å². The van der Waals surface area contributed by atoms with Crippen LogP contribution in [0.15, 0.2) is 54.7 Å². The van der Waals surface area contributed by atoms with Crippen molar-refractivity contribution in [3.63, 3.8) is 0 Å². The maximum Gasteiger partial charge on any atom is 0.348 e. The van der Waals surface area contributed by atoms with Crippen molar-refractivity contribution in [2.45, 2.75) is 76.6 Å². The second-order valence-corrected chi connectivity index (χ2v) is 14.7. The number of benzene rings is 1. The minimum absolute atomic E-state index is 0.0247. The van der Waals surface area contributed by atoms with E-state index >= 15 is 0 Å². The number of aryl methyl sites for hydroxylation is 1. The average molecular weight is 516 g/mol. The van der Waals surface area contributed by atoms with Crippen molar-refractivity contribution in [1.29, 1.82) is 0 Å². The molecule has 3 aromatic rings. The molecule has 0 spiro atoms. The van der Waals surface area contributed by atoms with Crippen LogP contribution in [-0.2, 0) is 37.6 Å². The highest BCUT2D eigenvalue weighted by molar-refractivity contribution is 7.91.